The second-order valence-corrected chi connectivity index (χ2v) is 11.9. The van der Waals surface area contributed by atoms with E-state index < -0.39 is 7.26 Å². The Bertz CT molecular complexity index is 645. The van der Waals surface area contributed by atoms with Crippen LogP contribution in [0.5, 0.6) is 0 Å². The molecule has 2 aromatic carbocycles. The number of benzene rings is 2. The van der Waals surface area contributed by atoms with Crippen LogP contribution in [-0.4, -0.2) is 6.66 Å². The quantitative estimate of drug-likeness (QED) is 0.535. The van der Waals surface area contributed by atoms with Gasteiger partial charge in [-0.15, -0.1) is 0 Å². The van der Waals surface area contributed by atoms with Gasteiger partial charge in [-0.2, -0.15) is 0 Å². The first-order valence-electron chi connectivity index (χ1n) is 6.97. The molecule has 0 radical (unpaired) electrons. The van der Waals surface area contributed by atoms with Crippen molar-refractivity contribution in [2.45, 2.75) is 0 Å². The van der Waals surface area contributed by atoms with Gasteiger partial charge >= 0.3 is 138 Å². The zero-order valence-corrected chi connectivity index (χ0v) is 15.0. The van der Waals surface area contributed by atoms with E-state index in [1.165, 1.54) is 10.6 Å². The van der Waals surface area contributed by atoms with Crippen LogP contribution in [0.1, 0.15) is 0 Å². The fourth-order valence-corrected chi connectivity index (χ4v) is 10.3. The van der Waals surface area contributed by atoms with Gasteiger partial charge in [-0.25, -0.2) is 0 Å². The van der Waals surface area contributed by atoms with E-state index in [4.69, 9.17) is 0 Å². The molecule has 2 heteroatoms. The van der Waals surface area contributed by atoms with Crippen molar-refractivity contribution < 1.29 is 21.2 Å². The number of hydrogen-bond donors (Lipinski definition) is 0. The fraction of sp³-hybridized carbons (Fsp3) is 0.0526. The van der Waals surface area contributed by atoms with E-state index >= 15 is 0 Å². The molecule has 0 amide bonds. The molecule has 1 heterocycles. The van der Waals surface area contributed by atoms with Crippen LogP contribution < -0.4 is 31.8 Å². The molecule has 106 valence electrons. The summed E-state index contributed by atoms with van der Waals surface area (Å²) >= 11 is -0.0526. The van der Waals surface area contributed by atoms with Gasteiger partial charge in [0.2, 0.25) is 0 Å². The molecule has 0 aliphatic carbocycles. The minimum atomic E-state index is -1.47. The molecule has 2 aromatic rings. The number of halogens is 1. The summed E-state index contributed by atoms with van der Waals surface area (Å²) in [5.41, 5.74) is 0. The number of allylic oxidation sites excluding steroid dienone is 4. The topological polar surface area (TPSA) is 0 Å². The van der Waals surface area contributed by atoms with Crippen molar-refractivity contribution in [3.8, 4) is 0 Å². The molecule has 0 nitrogen and oxygen atoms in total. The molecule has 1 aliphatic heterocycles. The number of hydrogen-bond acceptors (Lipinski definition) is 0. The van der Waals surface area contributed by atoms with Gasteiger partial charge in [0.15, 0.2) is 0 Å². The molecule has 0 unspecified atom stereocenters. The molecule has 0 saturated carbocycles. The van der Waals surface area contributed by atoms with Crippen molar-refractivity contribution in [2.75, 3.05) is 6.66 Å². The van der Waals surface area contributed by atoms with Crippen LogP contribution in [0.25, 0.3) is 0 Å². The van der Waals surface area contributed by atoms with Crippen LogP contribution >= 0.6 is 7.26 Å². The Labute approximate surface area is 137 Å². The summed E-state index contributed by atoms with van der Waals surface area (Å²) in [6.07, 6.45) is 8.90. The Morgan fingerprint density at radius 1 is 0.714 bits per heavy atom. The predicted octanol–water partition coefficient (Wildman–Crippen LogP) is 1.30. The van der Waals surface area contributed by atoms with Crippen molar-refractivity contribution >= 4 is 17.9 Å². The molecule has 0 fully saturated rings. The molecule has 0 N–H and O–H groups in total. The molecule has 0 saturated heterocycles. The molecule has 0 aromatic heterocycles. The van der Waals surface area contributed by atoms with Crippen molar-refractivity contribution in [3.05, 3.63) is 92.4 Å². The molecule has 1 aliphatic rings. The molecular formula is C19H18IP. The third-order valence-electron chi connectivity index (χ3n) is 3.68. The summed E-state index contributed by atoms with van der Waals surface area (Å²) in [6.45, 7) is 2.47. The molecule has 0 bridgehead atoms. The fourth-order valence-electron chi connectivity index (χ4n) is 2.47. The van der Waals surface area contributed by atoms with E-state index in [1.807, 2.05) is 0 Å². The standard InChI is InChI=1S/C19H18IP/c1-21(17-11-5-2-6-12-17,18-13-7-3-8-14-18)19-15-9-4-10-16-20-19/h2-16H,1H3. The maximum atomic E-state index is 2.47. The van der Waals surface area contributed by atoms with E-state index in [-0.39, 0.29) is 21.2 Å². The molecule has 21 heavy (non-hydrogen) atoms. The van der Waals surface area contributed by atoms with Crippen LogP contribution in [-0.2, 0) is 0 Å². The zero-order valence-electron chi connectivity index (χ0n) is 12.0. The monoisotopic (exact) mass is 404 g/mol. The van der Waals surface area contributed by atoms with Gasteiger partial charge in [-0.05, 0) is 0 Å². The van der Waals surface area contributed by atoms with Crippen LogP contribution in [0.2, 0.25) is 0 Å². The van der Waals surface area contributed by atoms with E-state index in [1.54, 1.807) is 3.32 Å². The van der Waals surface area contributed by atoms with Gasteiger partial charge in [-0.1, -0.05) is 0 Å². The van der Waals surface area contributed by atoms with Crippen molar-refractivity contribution in [1.29, 1.82) is 0 Å². The minimum absolute atomic E-state index is 0.0526. The van der Waals surface area contributed by atoms with Gasteiger partial charge in [0, 0.05) is 0 Å². The first kappa shape index (κ1) is 14.7. The summed E-state index contributed by atoms with van der Waals surface area (Å²) in [6, 6.07) is 22.1. The SMILES string of the molecule is C[P+](C1=CC=CC=C[I-]1)(c1ccccc1)c1ccccc1. The van der Waals surface area contributed by atoms with Crippen molar-refractivity contribution in [1.82, 2.24) is 0 Å². The normalized spacial score (nSPS) is 15.0. The third kappa shape index (κ3) is 3.04. The summed E-state index contributed by atoms with van der Waals surface area (Å²) in [5.74, 6) is 0. The zero-order chi connectivity index (χ0) is 14.5. The Kier molecular flexibility index (Phi) is 4.72. The van der Waals surface area contributed by atoms with Gasteiger partial charge in [0.25, 0.3) is 0 Å². The van der Waals surface area contributed by atoms with Gasteiger partial charge in [-0.3, -0.25) is 0 Å². The van der Waals surface area contributed by atoms with E-state index in [9.17, 15) is 0 Å². The Hall–Kier alpha value is -1.18. The van der Waals surface area contributed by atoms with Crippen LogP contribution in [0, 0.1) is 0 Å². The first-order valence-corrected chi connectivity index (χ1v) is 11.5. The van der Waals surface area contributed by atoms with E-state index in [2.05, 4.69) is 95.7 Å². The van der Waals surface area contributed by atoms with Crippen LogP contribution in [0.3, 0.4) is 0 Å². The summed E-state index contributed by atoms with van der Waals surface area (Å²) in [7, 11) is -1.47. The van der Waals surface area contributed by atoms with Crippen LogP contribution in [0.15, 0.2) is 92.4 Å². The van der Waals surface area contributed by atoms with E-state index in [0.29, 0.717) is 0 Å². The van der Waals surface area contributed by atoms with Gasteiger partial charge < -0.3 is 0 Å². The van der Waals surface area contributed by atoms with Crippen LogP contribution in [0.4, 0.5) is 0 Å². The summed E-state index contributed by atoms with van der Waals surface area (Å²) in [5, 5.41) is 2.96. The third-order valence-corrected chi connectivity index (χ3v) is 12.7. The van der Waals surface area contributed by atoms with Gasteiger partial charge in [0.1, 0.15) is 0 Å². The van der Waals surface area contributed by atoms with E-state index in [0.717, 1.165) is 0 Å². The molecule has 0 spiro atoms. The molecular weight excluding hydrogens is 386 g/mol. The molecule has 3 rings (SSSR count). The van der Waals surface area contributed by atoms with Crippen molar-refractivity contribution in [2.24, 2.45) is 0 Å². The average Bonchev–Trinajstić information content (AvgIpc) is 2.85. The number of rotatable bonds is 3. The Morgan fingerprint density at radius 3 is 1.86 bits per heavy atom. The predicted molar refractivity (Wildman–Crippen MR) is 91.4 cm³/mol. The molecule has 0 atom stereocenters. The summed E-state index contributed by atoms with van der Waals surface area (Å²) < 4.78 is 4.02. The average molecular weight is 404 g/mol. The Balaban J connectivity index is 2.18. The second-order valence-electron chi connectivity index (χ2n) is 4.98. The maximum absolute atomic E-state index is 2.47. The van der Waals surface area contributed by atoms with Gasteiger partial charge in [0.05, 0.1) is 0 Å². The summed E-state index contributed by atoms with van der Waals surface area (Å²) in [4.78, 5) is 0. The second kappa shape index (κ2) is 6.72. The Morgan fingerprint density at radius 2 is 1.29 bits per heavy atom. The first-order chi connectivity index (χ1) is 10.3. The van der Waals surface area contributed by atoms with Crippen molar-refractivity contribution in [3.63, 3.8) is 0 Å².